The van der Waals surface area contributed by atoms with E-state index in [1.165, 1.54) is 0 Å². The second kappa shape index (κ2) is 7.94. The molecule has 0 fully saturated rings. The molecule has 0 heterocycles. The molecule has 2 unspecified atom stereocenters. The van der Waals surface area contributed by atoms with Gasteiger partial charge in [-0.1, -0.05) is 12.1 Å². The fourth-order valence-electron chi connectivity index (χ4n) is 1.20. The van der Waals surface area contributed by atoms with Gasteiger partial charge < -0.3 is 16.3 Å². The number of oxime groups is 1. The van der Waals surface area contributed by atoms with E-state index < -0.39 is 0 Å². The Bertz CT molecular complexity index is 175. The normalized spacial score (nSPS) is 16.6. The zero-order chi connectivity index (χ0) is 11.0. The van der Waals surface area contributed by atoms with Crippen LogP contribution in [0.15, 0.2) is 5.16 Å². The highest BCUT2D eigenvalue weighted by molar-refractivity contribution is 7.98. The lowest BCUT2D eigenvalue weighted by atomic mass is 10.1. The molecule has 0 saturated heterocycles. The summed E-state index contributed by atoms with van der Waals surface area (Å²) < 4.78 is 0. The van der Waals surface area contributed by atoms with Crippen molar-refractivity contribution in [3.05, 3.63) is 0 Å². The third kappa shape index (κ3) is 5.34. The average molecular weight is 219 g/mol. The molecule has 0 aliphatic rings. The van der Waals surface area contributed by atoms with Gasteiger partial charge in [0.15, 0.2) is 5.84 Å². The van der Waals surface area contributed by atoms with Crippen LogP contribution in [0.25, 0.3) is 0 Å². The number of hydrogen-bond acceptors (Lipinski definition) is 4. The van der Waals surface area contributed by atoms with Crippen molar-refractivity contribution < 1.29 is 5.21 Å². The summed E-state index contributed by atoms with van der Waals surface area (Å²) in [5.74, 6) is 1.39. The molecule has 4 nitrogen and oxygen atoms in total. The van der Waals surface area contributed by atoms with Gasteiger partial charge in [0.25, 0.3) is 0 Å². The molecule has 0 spiro atoms. The van der Waals surface area contributed by atoms with Gasteiger partial charge in [-0.05, 0) is 31.8 Å². The zero-order valence-corrected chi connectivity index (χ0v) is 9.97. The van der Waals surface area contributed by atoms with E-state index in [-0.39, 0.29) is 11.9 Å². The summed E-state index contributed by atoms with van der Waals surface area (Å²) >= 11 is 1.83. The minimum atomic E-state index is -0.0168. The Morgan fingerprint density at radius 3 is 2.71 bits per heavy atom. The molecule has 0 saturated carbocycles. The van der Waals surface area contributed by atoms with Crippen LogP contribution in [-0.4, -0.2) is 35.1 Å². The molecule has 0 radical (unpaired) electrons. The van der Waals surface area contributed by atoms with Crippen LogP contribution in [-0.2, 0) is 0 Å². The van der Waals surface area contributed by atoms with Crippen molar-refractivity contribution in [1.82, 2.24) is 5.32 Å². The van der Waals surface area contributed by atoms with Gasteiger partial charge >= 0.3 is 0 Å². The van der Waals surface area contributed by atoms with Crippen LogP contribution in [0.4, 0.5) is 0 Å². The topological polar surface area (TPSA) is 70.6 Å². The fraction of sp³-hybridized carbons (Fsp3) is 0.889. The second-order valence-electron chi connectivity index (χ2n) is 3.33. The second-order valence-corrected chi connectivity index (χ2v) is 4.32. The minimum Gasteiger partial charge on any atom is -0.409 e. The van der Waals surface area contributed by atoms with Crippen molar-refractivity contribution >= 4 is 17.6 Å². The van der Waals surface area contributed by atoms with E-state index in [4.69, 9.17) is 10.9 Å². The van der Waals surface area contributed by atoms with Gasteiger partial charge in [-0.15, -0.1) is 0 Å². The lowest BCUT2D eigenvalue weighted by Gasteiger charge is -2.20. The Morgan fingerprint density at radius 2 is 2.29 bits per heavy atom. The van der Waals surface area contributed by atoms with Crippen LogP contribution in [0, 0.1) is 0 Å². The largest absolute Gasteiger partial charge is 0.409 e. The number of nitrogens with zero attached hydrogens (tertiary/aromatic N) is 1. The molecule has 0 rings (SSSR count). The maximum atomic E-state index is 8.54. The summed E-state index contributed by atoms with van der Waals surface area (Å²) in [4.78, 5) is 0. The molecule has 0 bridgehead atoms. The lowest BCUT2D eigenvalue weighted by molar-refractivity contribution is 0.313. The third-order valence-corrected chi connectivity index (χ3v) is 2.77. The molecule has 84 valence electrons. The summed E-state index contributed by atoms with van der Waals surface area (Å²) in [6.07, 6.45) is 4.02. The summed E-state index contributed by atoms with van der Waals surface area (Å²) in [5.41, 5.74) is 5.54. The summed E-state index contributed by atoms with van der Waals surface area (Å²) in [6, 6.07) is 0.379. The molecular weight excluding hydrogens is 198 g/mol. The molecule has 0 amide bonds. The Labute approximate surface area is 90.3 Å². The van der Waals surface area contributed by atoms with E-state index in [9.17, 15) is 0 Å². The Hall–Kier alpha value is -0.420. The standard InChI is InChI=1S/C9H21N3OS/c1-4-8(9(10)12-13)11-7(2)5-6-14-3/h7-8,11,13H,4-6H2,1-3H3,(H2,10,12). The molecule has 0 aromatic heterocycles. The highest BCUT2D eigenvalue weighted by Crippen LogP contribution is 2.02. The first-order chi connectivity index (χ1) is 6.65. The van der Waals surface area contributed by atoms with Crippen molar-refractivity contribution in [2.24, 2.45) is 10.9 Å². The maximum Gasteiger partial charge on any atom is 0.156 e. The van der Waals surface area contributed by atoms with Gasteiger partial charge in [0.05, 0.1) is 6.04 Å². The molecule has 0 aliphatic heterocycles. The number of amidine groups is 1. The number of thioether (sulfide) groups is 1. The number of rotatable bonds is 7. The van der Waals surface area contributed by atoms with Crippen molar-refractivity contribution in [1.29, 1.82) is 0 Å². The molecule has 0 aromatic rings. The van der Waals surface area contributed by atoms with Crippen molar-refractivity contribution in [3.8, 4) is 0 Å². The SMILES string of the molecule is CCC(NC(C)CCSC)C(N)=NO. The minimum absolute atomic E-state index is 0.0168. The van der Waals surface area contributed by atoms with Gasteiger partial charge in [0, 0.05) is 6.04 Å². The van der Waals surface area contributed by atoms with Gasteiger partial charge in [0.1, 0.15) is 0 Å². The van der Waals surface area contributed by atoms with Crippen molar-refractivity contribution in [2.45, 2.75) is 38.8 Å². The highest BCUT2D eigenvalue weighted by atomic mass is 32.2. The van der Waals surface area contributed by atoms with Gasteiger partial charge in [0.2, 0.25) is 0 Å². The van der Waals surface area contributed by atoms with Crippen LogP contribution in [0.2, 0.25) is 0 Å². The number of hydrogen-bond donors (Lipinski definition) is 3. The monoisotopic (exact) mass is 219 g/mol. The smallest absolute Gasteiger partial charge is 0.156 e. The Kier molecular flexibility index (Phi) is 7.70. The quantitative estimate of drug-likeness (QED) is 0.261. The van der Waals surface area contributed by atoms with E-state index in [0.29, 0.717) is 6.04 Å². The third-order valence-electron chi connectivity index (χ3n) is 2.12. The number of nitrogens with one attached hydrogen (secondary N) is 1. The fourth-order valence-corrected chi connectivity index (χ4v) is 1.79. The molecule has 2 atom stereocenters. The van der Waals surface area contributed by atoms with E-state index in [1.807, 2.05) is 18.7 Å². The molecular formula is C9H21N3OS. The molecule has 0 aromatic carbocycles. The van der Waals surface area contributed by atoms with Crippen LogP contribution >= 0.6 is 11.8 Å². The zero-order valence-electron chi connectivity index (χ0n) is 9.16. The van der Waals surface area contributed by atoms with Crippen LogP contribution < -0.4 is 11.1 Å². The van der Waals surface area contributed by atoms with Crippen molar-refractivity contribution in [3.63, 3.8) is 0 Å². The first-order valence-corrected chi connectivity index (χ1v) is 6.27. The number of nitrogens with two attached hydrogens (primary N) is 1. The molecule has 5 heteroatoms. The first-order valence-electron chi connectivity index (χ1n) is 4.88. The van der Waals surface area contributed by atoms with E-state index in [2.05, 4.69) is 23.7 Å². The average Bonchev–Trinajstić information content (AvgIpc) is 2.21. The van der Waals surface area contributed by atoms with Crippen molar-refractivity contribution in [2.75, 3.05) is 12.0 Å². The highest BCUT2D eigenvalue weighted by Gasteiger charge is 2.13. The van der Waals surface area contributed by atoms with Gasteiger partial charge in [-0.2, -0.15) is 11.8 Å². The van der Waals surface area contributed by atoms with Gasteiger partial charge in [-0.3, -0.25) is 0 Å². The van der Waals surface area contributed by atoms with E-state index >= 15 is 0 Å². The van der Waals surface area contributed by atoms with Gasteiger partial charge in [-0.25, -0.2) is 0 Å². The maximum absolute atomic E-state index is 8.54. The summed E-state index contributed by atoms with van der Waals surface area (Å²) in [5, 5.41) is 14.9. The lowest BCUT2D eigenvalue weighted by Crippen LogP contribution is -2.45. The summed E-state index contributed by atoms with van der Waals surface area (Å²) in [6.45, 7) is 4.13. The van der Waals surface area contributed by atoms with Crippen LogP contribution in [0.1, 0.15) is 26.7 Å². The Balaban J connectivity index is 3.92. The summed E-state index contributed by atoms with van der Waals surface area (Å²) in [7, 11) is 0. The predicted molar refractivity (Wildman–Crippen MR) is 63.1 cm³/mol. The predicted octanol–water partition coefficient (Wildman–Crippen LogP) is 1.24. The van der Waals surface area contributed by atoms with E-state index in [0.717, 1.165) is 18.6 Å². The van der Waals surface area contributed by atoms with Crippen LogP contribution in [0.5, 0.6) is 0 Å². The molecule has 14 heavy (non-hydrogen) atoms. The first kappa shape index (κ1) is 13.6. The molecule has 4 N–H and O–H groups in total. The van der Waals surface area contributed by atoms with E-state index in [1.54, 1.807) is 0 Å². The van der Waals surface area contributed by atoms with Crippen LogP contribution in [0.3, 0.4) is 0 Å². The molecule has 0 aliphatic carbocycles. The Morgan fingerprint density at radius 1 is 1.64 bits per heavy atom.